The zero-order valence-corrected chi connectivity index (χ0v) is 12.6. The minimum absolute atomic E-state index is 0.0706. The van der Waals surface area contributed by atoms with Crippen LogP contribution in [0.2, 0.25) is 0 Å². The van der Waals surface area contributed by atoms with Gasteiger partial charge in [-0.05, 0) is 43.0 Å². The average molecular weight is 290 g/mol. The first kappa shape index (κ1) is 14.5. The highest BCUT2D eigenvalue weighted by molar-refractivity contribution is 5.84. The molecule has 1 unspecified atom stereocenters. The molecule has 114 valence electrons. The number of hydrogen-bond acceptors (Lipinski definition) is 2. The van der Waals surface area contributed by atoms with E-state index in [0.29, 0.717) is 5.92 Å². The lowest BCUT2D eigenvalue weighted by atomic mass is 9.92. The first-order chi connectivity index (χ1) is 10.2. The van der Waals surface area contributed by atoms with Crippen molar-refractivity contribution < 1.29 is 9.18 Å². The summed E-state index contributed by atoms with van der Waals surface area (Å²) in [6.07, 6.45) is 2.23. The van der Waals surface area contributed by atoms with Crippen molar-refractivity contribution in [3.05, 3.63) is 35.6 Å². The molecule has 0 bridgehead atoms. The number of carbonyl (C=O) groups is 1. The normalized spacial score (nSPS) is 21.3. The van der Waals surface area contributed by atoms with Crippen LogP contribution in [0, 0.1) is 11.7 Å². The van der Waals surface area contributed by atoms with Gasteiger partial charge in [0.25, 0.3) is 0 Å². The second kappa shape index (κ2) is 6.14. The van der Waals surface area contributed by atoms with Gasteiger partial charge in [0.05, 0.1) is 5.92 Å². The van der Waals surface area contributed by atoms with Gasteiger partial charge in [-0.2, -0.15) is 0 Å². The molecular formula is C17H23FN2O. The zero-order chi connectivity index (χ0) is 14.8. The Morgan fingerprint density at radius 1 is 1.19 bits per heavy atom. The van der Waals surface area contributed by atoms with Gasteiger partial charge in [-0.1, -0.05) is 19.1 Å². The molecular weight excluding hydrogens is 267 g/mol. The summed E-state index contributed by atoms with van der Waals surface area (Å²) in [5.74, 6) is 0.378. The van der Waals surface area contributed by atoms with Crippen LogP contribution in [-0.4, -0.2) is 48.4 Å². The van der Waals surface area contributed by atoms with E-state index in [9.17, 15) is 9.18 Å². The van der Waals surface area contributed by atoms with Crippen molar-refractivity contribution in [3.8, 4) is 0 Å². The minimum atomic E-state index is -0.239. The molecule has 1 amide bonds. The molecule has 1 saturated heterocycles. The van der Waals surface area contributed by atoms with Crippen molar-refractivity contribution >= 4 is 5.91 Å². The summed E-state index contributed by atoms with van der Waals surface area (Å²) in [6.45, 7) is 6.76. The van der Waals surface area contributed by atoms with E-state index < -0.39 is 0 Å². The zero-order valence-electron chi connectivity index (χ0n) is 12.6. The SMILES string of the molecule is CCN1CCN(C(=O)C(c2ccc(F)cc2)C2CC2)CC1. The summed E-state index contributed by atoms with van der Waals surface area (Å²) in [6, 6.07) is 6.48. The molecule has 1 atom stereocenters. The minimum Gasteiger partial charge on any atom is -0.340 e. The Labute approximate surface area is 125 Å². The Hall–Kier alpha value is -1.42. The summed E-state index contributed by atoms with van der Waals surface area (Å²) in [4.78, 5) is 17.2. The predicted molar refractivity (Wildman–Crippen MR) is 80.6 cm³/mol. The summed E-state index contributed by atoms with van der Waals surface area (Å²) < 4.78 is 13.1. The molecule has 1 saturated carbocycles. The molecule has 3 rings (SSSR count). The van der Waals surface area contributed by atoms with E-state index in [4.69, 9.17) is 0 Å². The molecule has 21 heavy (non-hydrogen) atoms. The van der Waals surface area contributed by atoms with Crippen molar-refractivity contribution in [1.29, 1.82) is 0 Å². The first-order valence-electron chi connectivity index (χ1n) is 7.95. The Morgan fingerprint density at radius 2 is 1.81 bits per heavy atom. The van der Waals surface area contributed by atoms with Crippen LogP contribution >= 0.6 is 0 Å². The largest absolute Gasteiger partial charge is 0.340 e. The van der Waals surface area contributed by atoms with Crippen molar-refractivity contribution in [1.82, 2.24) is 9.80 Å². The number of halogens is 1. The van der Waals surface area contributed by atoms with Crippen LogP contribution in [0.4, 0.5) is 4.39 Å². The maximum absolute atomic E-state index is 13.1. The first-order valence-corrected chi connectivity index (χ1v) is 7.95. The smallest absolute Gasteiger partial charge is 0.230 e. The maximum Gasteiger partial charge on any atom is 0.230 e. The van der Waals surface area contributed by atoms with Crippen molar-refractivity contribution in [2.75, 3.05) is 32.7 Å². The lowest BCUT2D eigenvalue weighted by molar-refractivity contribution is -0.135. The predicted octanol–water partition coefficient (Wildman–Crippen LogP) is 2.48. The molecule has 0 radical (unpaired) electrons. The van der Waals surface area contributed by atoms with Crippen LogP contribution in [0.15, 0.2) is 24.3 Å². The van der Waals surface area contributed by atoms with Crippen molar-refractivity contribution in [2.45, 2.75) is 25.7 Å². The molecule has 2 fully saturated rings. The topological polar surface area (TPSA) is 23.6 Å². The molecule has 4 heteroatoms. The van der Waals surface area contributed by atoms with Crippen LogP contribution in [-0.2, 0) is 4.79 Å². The number of piperazine rings is 1. The van der Waals surface area contributed by atoms with Gasteiger partial charge >= 0.3 is 0 Å². The van der Waals surface area contributed by atoms with Gasteiger partial charge in [-0.3, -0.25) is 4.79 Å². The number of rotatable bonds is 4. The maximum atomic E-state index is 13.1. The third kappa shape index (κ3) is 3.26. The monoisotopic (exact) mass is 290 g/mol. The lowest BCUT2D eigenvalue weighted by Crippen LogP contribution is -2.50. The van der Waals surface area contributed by atoms with E-state index in [1.807, 2.05) is 4.90 Å². The second-order valence-corrected chi connectivity index (χ2v) is 6.13. The Morgan fingerprint density at radius 3 is 2.33 bits per heavy atom. The number of hydrogen-bond donors (Lipinski definition) is 0. The molecule has 1 aliphatic carbocycles. The van der Waals surface area contributed by atoms with E-state index in [2.05, 4.69) is 11.8 Å². The summed E-state index contributed by atoms with van der Waals surface area (Å²) in [7, 11) is 0. The van der Waals surface area contributed by atoms with E-state index in [1.54, 1.807) is 12.1 Å². The molecule has 0 aromatic heterocycles. The molecule has 1 aromatic rings. The van der Waals surface area contributed by atoms with Crippen molar-refractivity contribution in [2.24, 2.45) is 5.92 Å². The highest BCUT2D eigenvalue weighted by atomic mass is 19.1. The van der Waals surface area contributed by atoms with Gasteiger partial charge in [0.1, 0.15) is 5.82 Å². The Kier molecular flexibility index (Phi) is 4.24. The number of carbonyl (C=O) groups excluding carboxylic acids is 1. The van der Waals surface area contributed by atoms with Crippen LogP contribution < -0.4 is 0 Å². The molecule has 0 spiro atoms. The van der Waals surface area contributed by atoms with Crippen LogP contribution in [0.25, 0.3) is 0 Å². The second-order valence-electron chi connectivity index (χ2n) is 6.13. The Bertz CT molecular complexity index is 490. The fraction of sp³-hybridized carbons (Fsp3) is 0.588. The molecule has 1 aromatic carbocycles. The van der Waals surface area contributed by atoms with E-state index in [1.165, 1.54) is 12.1 Å². The van der Waals surface area contributed by atoms with Crippen LogP contribution in [0.1, 0.15) is 31.2 Å². The van der Waals surface area contributed by atoms with E-state index in [0.717, 1.165) is 51.1 Å². The van der Waals surface area contributed by atoms with Crippen LogP contribution in [0.5, 0.6) is 0 Å². The van der Waals surface area contributed by atoms with Crippen LogP contribution in [0.3, 0.4) is 0 Å². The van der Waals surface area contributed by atoms with Gasteiger partial charge in [0.15, 0.2) is 0 Å². The highest BCUT2D eigenvalue weighted by Gasteiger charge is 2.39. The van der Waals surface area contributed by atoms with Gasteiger partial charge in [-0.15, -0.1) is 0 Å². The fourth-order valence-corrected chi connectivity index (χ4v) is 3.20. The summed E-state index contributed by atoms with van der Waals surface area (Å²) in [5, 5.41) is 0. The number of benzene rings is 1. The van der Waals surface area contributed by atoms with Gasteiger partial charge in [0.2, 0.25) is 5.91 Å². The quantitative estimate of drug-likeness (QED) is 0.850. The third-order valence-electron chi connectivity index (χ3n) is 4.72. The number of amides is 1. The third-order valence-corrected chi connectivity index (χ3v) is 4.72. The molecule has 1 heterocycles. The van der Waals surface area contributed by atoms with Crippen molar-refractivity contribution in [3.63, 3.8) is 0 Å². The molecule has 3 nitrogen and oxygen atoms in total. The molecule has 1 aliphatic heterocycles. The summed E-state index contributed by atoms with van der Waals surface area (Å²) in [5.41, 5.74) is 0.974. The number of nitrogens with zero attached hydrogens (tertiary/aromatic N) is 2. The molecule has 2 aliphatic rings. The number of likely N-dealkylation sites (N-methyl/N-ethyl adjacent to an activating group) is 1. The van der Waals surface area contributed by atoms with E-state index >= 15 is 0 Å². The summed E-state index contributed by atoms with van der Waals surface area (Å²) >= 11 is 0. The standard InChI is InChI=1S/C17H23FN2O/c1-2-19-9-11-20(12-10-19)17(21)16(13-3-4-13)14-5-7-15(18)8-6-14/h5-8,13,16H,2-4,9-12H2,1H3. The van der Waals surface area contributed by atoms with Gasteiger partial charge in [-0.25, -0.2) is 4.39 Å². The molecule has 0 N–H and O–H groups in total. The highest BCUT2D eigenvalue weighted by Crippen LogP contribution is 2.43. The lowest BCUT2D eigenvalue weighted by Gasteiger charge is -2.36. The fourth-order valence-electron chi connectivity index (χ4n) is 3.20. The van der Waals surface area contributed by atoms with Gasteiger partial charge in [0, 0.05) is 26.2 Å². The average Bonchev–Trinajstić information content (AvgIpc) is 3.34. The van der Waals surface area contributed by atoms with E-state index in [-0.39, 0.29) is 17.6 Å². The van der Waals surface area contributed by atoms with Gasteiger partial charge < -0.3 is 9.80 Å². The Balaban J connectivity index is 1.72.